The van der Waals surface area contributed by atoms with Gasteiger partial charge >= 0.3 is 12.1 Å². The van der Waals surface area contributed by atoms with E-state index in [2.05, 4.69) is 5.32 Å². The van der Waals surface area contributed by atoms with Gasteiger partial charge in [-0.2, -0.15) is 13.2 Å². The van der Waals surface area contributed by atoms with Crippen LogP contribution >= 0.6 is 0 Å². The predicted octanol–water partition coefficient (Wildman–Crippen LogP) is 7.01. The number of benzene rings is 2. The predicted molar refractivity (Wildman–Crippen MR) is 170 cm³/mol. The number of alkyl halides is 3. The van der Waals surface area contributed by atoms with Gasteiger partial charge in [0.2, 0.25) is 5.91 Å². The van der Waals surface area contributed by atoms with E-state index in [0.717, 1.165) is 27.5 Å². The van der Waals surface area contributed by atoms with E-state index in [9.17, 15) is 32.7 Å². The van der Waals surface area contributed by atoms with Gasteiger partial charge in [-0.25, -0.2) is 4.39 Å². The number of amides is 1. The molecule has 0 aliphatic carbocycles. The van der Waals surface area contributed by atoms with Crippen molar-refractivity contribution in [3.8, 4) is 11.1 Å². The minimum atomic E-state index is -4.78. The molecule has 1 aromatic heterocycles. The summed E-state index contributed by atoms with van der Waals surface area (Å²) in [7, 11) is 3.42. The quantitative estimate of drug-likeness (QED) is 0.195. The van der Waals surface area contributed by atoms with Crippen molar-refractivity contribution in [1.29, 1.82) is 0 Å². The van der Waals surface area contributed by atoms with Gasteiger partial charge in [0.25, 0.3) is 5.56 Å². The number of hydrogen-bond donors (Lipinski definition) is 2. The SMILES string of the molecule is Cc1cc(-c2c(C)cccc2C)cc([C@H](CC(=O)O)NC(=O)C(CCC(C)C)n2cc(CCN(C)C)c(C(F)(F)F)cc2=O)c1F. The third-order valence-corrected chi connectivity index (χ3v) is 8.08. The van der Waals surface area contributed by atoms with E-state index >= 15 is 4.39 Å². The van der Waals surface area contributed by atoms with Gasteiger partial charge in [-0.1, -0.05) is 32.0 Å². The Labute approximate surface area is 267 Å². The van der Waals surface area contributed by atoms with Crippen molar-refractivity contribution in [2.24, 2.45) is 5.92 Å². The van der Waals surface area contributed by atoms with E-state index in [1.165, 1.54) is 6.07 Å². The summed E-state index contributed by atoms with van der Waals surface area (Å²) in [6, 6.07) is 6.81. The molecule has 3 aromatic rings. The van der Waals surface area contributed by atoms with Crippen LogP contribution in [0.4, 0.5) is 17.6 Å². The Kier molecular flexibility index (Phi) is 11.9. The molecule has 0 fully saturated rings. The summed E-state index contributed by atoms with van der Waals surface area (Å²) in [5.74, 6) is -2.69. The van der Waals surface area contributed by atoms with Crippen LogP contribution in [0.3, 0.4) is 0 Å². The second-order valence-electron chi connectivity index (χ2n) is 12.6. The Morgan fingerprint density at radius 2 is 1.63 bits per heavy atom. The van der Waals surface area contributed by atoms with Crippen molar-refractivity contribution < 1.29 is 32.3 Å². The number of nitrogens with one attached hydrogen (secondary N) is 1. The monoisotopic (exact) mass is 645 g/mol. The molecule has 0 saturated heterocycles. The lowest BCUT2D eigenvalue weighted by molar-refractivity contribution is -0.139. The van der Waals surface area contributed by atoms with Gasteiger partial charge < -0.3 is 19.9 Å². The highest BCUT2D eigenvalue weighted by Gasteiger charge is 2.36. The van der Waals surface area contributed by atoms with Crippen LogP contribution in [-0.2, 0) is 22.2 Å². The Hall–Kier alpha value is -3.99. The molecule has 2 atom stereocenters. The Morgan fingerprint density at radius 1 is 1.00 bits per heavy atom. The van der Waals surface area contributed by atoms with Gasteiger partial charge in [0, 0.05) is 24.4 Å². The highest BCUT2D eigenvalue weighted by Crippen LogP contribution is 2.35. The first-order valence-electron chi connectivity index (χ1n) is 15.3. The number of aliphatic carboxylic acids is 1. The molecule has 0 spiro atoms. The van der Waals surface area contributed by atoms with Crippen molar-refractivity contribution in [3.05, 3.63) is 92.1 Å². The molecular formula is C35H43F4N3O4. The van der Waals surface area contributed by atoms with Crippen molar-refractivity contribution in [2.75, 3.05) is 20.6 Å². The molecule has 0 saturated carbocycles. The molecule has 11 heteroatoms. The fourth-order valence-corrected chi connectivity index (χ4v) is 5.68. The first kappa shape index (κ1) is 36.5. The smallest absolute Gasteiger partial charge is 0.416 e. The van der Waals surface area contributed by atoms with E-state index in [4.69, 9.17) is 0 Å². The first-order chi connectivity index (χ1) is 21.4. The Morgan fingerprint density at radius 3 is 2.17 bits per heavy atom. The second-order valence-corrected chi connectivity index (χ2v) is 12.6. The molecule has 1 unspecified atom stereocenters. The molecule has 0 bridgehead atoms. The average molecular weight is 646 g/mol. The third-order valence-electron chi connectivity index (χ3n) is 8.08. The molecule has 0 aliphatic heterocycles. The fraction of sp³-hybridized carbons (Fsp3) is 0.457. The van der Waals surface area contributed by atoms with Crippen LogP contribution in [0.25, 0.3) is 11.1 Å². The van der Waals surface area contributed by atoms with E-state index in [1.54, 1.807) is 32.0 Å². The lowest BCUT2D eigenvalue weighted by Gasteiger charge is -2.26. The molecule has 0 aliphatic rings. The van der Waals surface area contributed by atoms with Crippen LogP contribution in [0.5, 0.6) is 0 Å². The Bertz CT molecular complexity index is 1610. The van der Waals surface area contributed by atoms with Crippen LogP contribution in [0.2, 0.25) is 0 Å². The largest absolute Gasteiger partial charge is 0.481 e. The van der Waals surface area contributed by atoms with Crippen molar-refractivity contribution in [3.63, 3.8) is 0 Å². The number of pyridine rings is 1. The number of carbonyl (C=O) groups excluding carboxylic acids is 1. The van der Waals surface area contributed by atoms with Gasteiger partial charge in [0.1, 0.15) is 11.9 Å². The van der Waals surface area contributed by atoms with Gasteiger partial charge in [-0.3, -0.25) is 14.4 Å². The van der Waals surface area contributed by atoms with Crippen LogP contribution in [0.1, 0.15) is 78.6 Å². The lowest BCUT2D eigenvalue weighted by Crippen LogP contribution is -2.40. The summed E-state index contributed by atoms with van der Waals surface area (Å²) < 4.78 is 58.5. The summed E-state index contributed by atoms with van der Waals surface area (Å²) in [6.07, 6.45) is -3.86. The number of carboxylic acid groups (broad SMARTS) is 1. The molecule has 0 radical (unpaired) electrons. The zero-order valence-electron chi connectivity index (χ0n) is 27.4. The summed E-state index contributed by atoms with van der Waals surface area (Å²) in [5, 5.41) is 12.4. The minimum absolute atomic E-state index is 0.0299. The average Bonchev–Trinajstić information content (AvgIpc) is 2.93. The van der Waals surface area contributed by atoms with Crippen LogP contribution in [0.15, 0.2) is 47.4 Å². The van der Waals surface area contributed by atoms with E-state index in [-0.39, 0.29) is 42.0 Å². The fourth-order valence-electron chi connectivity index (χ4n) is 5.68. The molecule has 3 rings (SSSR count). The summed E-state index contributed by atoms with van der Waals surface area (Å²) in [4.78, 5) is 40.9. The summed E-state index contributed by atoms with van der Waals surface area (Å²) in [5.41, 5.74) is 1.34. The number of aryl methyl sites for hydroxylation is 3. The zero-order chi connectivity index (χ0) is 34.5. The maximum absolute atomic E-state index is 15.7. The molecule has 1 amide bonds. The molecule has 250 valence electrons. The molecular weight excluding hydrogens is 602 g/mol. The van der Waals surface area contributed by atoms with E-state index in [0.29, 0.717) is 18.1 Å². The van der Waals surface area contributed by atoms with Crippen LogP contribution in [0, 0.1) is 32.5 Å². The van der Waals surface area contributed by atoms with E-state index < -0.39 is 53.5 Å². The molecule has 2 N–H and O–H groups in total. The number of carboxylic acids is 1. The normalized spacial score (nSPS) is 13.2. The zero-order valence-corrected chi connectivity index (χ0v) is 27.4. The Balaban J connectivity index is 2.15. The number of hydrogen-bond acceptors (Lipinski definition) is 4. The van der Waals surface area contributed by atoms with Gasteiger partial charge in [0.15, 0.2) is 0 Å². The summed E-state index contributed by atoms with van der Waals surface area (Å²) in [6.45, 7) is 9.43. The van der Waals surface area contributed by atoms with Gasteiger partial charge in [-0.15, -0.1) is 0 Å². The number of carbonyl (C=O) groups is 2. The number of nitrogens with zero attached hydrogens (tertiary/aromatic N) is 2. The maximum atomic E-state index is 15.7. The molecule has 1 heterocycles. The van der Waals surface area contributed by atoms with Gasteiger partial charge in [-0.05, 0) is 106 Å². The maximum Gasteiger partial charge on any atom is 0.416 e. The molecule has 7 nitrogen and oxygen atoms in total. The van der Waals surface area contributed by atoms with Crippen molar-refractivity contribution in [2.45, 2.75) is 78.6 Å². The summed E-state index contributed by atoms with van der Waals surface area (Å²) >= 11 is 0. The minimum Gasteiger partial charge on any atom is -0.481 e. The van der Waals surface area contributed by atoms with Gasteiger partial charge in [0.05, 0.1) is 18.0 Å². The van der Waals surface area contributed by atoms with Crippen molar-refractivity contribution >= 4 is 11.9 Å². The first-order valence-corrected chi connectivity index (χ1v) is 15.3. The lowest BCUT2D eigenvalue weighted by atomic mass is 9.90. The second kappa shape index (κ2) is 15.1. The molecule has 46 heavy (non-hydrogen) atoms. The topological polar surface area (TPSA) is 91.6 Å². The highest BCUT2D eigenvalue weighted by molar-refractivity contribution is 5.82. The number of rotatable bonds is 13. The highest BCUT2D eigenvalue weighted by atomic mass is 19.4. The number of halogens is 4. The number of aromatic nitrogens is 1. The standard InChI is InChI=1S/C35H43F4N3O4/c1-20(2)11-12-29(42-19-24(13-14-41(6)7)27(17-30(42)43)35(37,38)39)34(46)40-28(18-31(44)45)26-16-25(15-23(5)33(26)36)32-21(3)9-8-10-22(32)4/h8-10,15-17,19-20,28-29H,11-14,18H2,1-7H3,(H,40,46)(H,44,45)/t28-,29?/m0/s1. The number of likely N-dealkylation sites (N-methyl/N-ethyl adjacent to an activating group) is 1. The van der Waals surface area contributed by atoms with Crippen molar-refractivity contribution in [1.82, 2.24) is 14.8 Å². The molecule has 2 aromatic carbocycles. The van der Waals surface area contributed by atoms with Crippen LogP contribution < -0.4 is 10.9 Å². The van der Waals surface area contributed by atoms with Crippen LogP contribution in [-0.4, -0.2) is 47.1 Å². The third kappa shape index (κ3) is 9.05. The van der Waals surface area contributed by atoms with E-state index in [1.807, 2.05) is 45.9 Å².